The number of amides is 1. The second-order valence-corrected chi connectivity index (χ2v) is 10.1. The number of carbonyl (C=O) groups is 1. The fraction of sp³-hybridized carbons (Fsp3) is 0.316. The normalized spacial score (nSPS) is 18.4. The third-order valence-corrected chi connectivity index (χ3v) is 7.57. The molecule has 0 bridgehead atoms. The first-order chi connectivity index (χ1) is 13.4. The Bertz CT molecular complexity index is 1240. The number of nitrogens with zero attached hydrogens (tertiary/aromatic N) is 3. The topological polar surface area (TPSA) is 104 Å². The van der Waals surface area contributed by atoms with Gasteiger partial charge in [-0.2, -0.15) is 5.26 Å². The summed E-state index contributed by atoms with van der Waals surface area (Å²) in [6.07, 6.45) is 0.463. The Hall–Kier alpha value is -2.57. The minimum atomic E-state index is -3.03. The Balaban J connectivity index is 1.62. The second kappa shape index (κ2) is 7.11. The van der Waals surface area contributed by atoms with Crippen molar-refractivity contribution in [3.63, 3.8) is 0 Å². The van der Waals surface area contributed by atoms with Crippen LogP contribution < -0.4 is 5.32 Å². The molecule has 1 atom stereocenters. The van der Waals surface area contributed by atoms with Crippen LogP contribution in [0.2, 0.25) is 0 Å². The molecule has 28 heavy (non-hydrogen) atoms. The van der Waals surface area contributed by atoms with Crippen molar-refractivity contribution >= 4 is 44.2 Å². The molecule has 1 amide bonds. The van der Waals surface area contributed by atoms with Crippen LogP contribution in [0.15, 0.2) is 35.4 Å². The Morgan fingerprint density at radius 1 is 1.43 bits per heavy atom. The number of benzene rings is 1. The van der Waals surface area contributed by atoms with Crippen molar-refractivity contribution in [2.24, 2.45) is 0 Å². The maximum absolute atomic E-state index is 12.3. The van der Waals surface area contributed by atoms with Crippen LogP contribution in [0.25, 0.3) is 16.7 Å². The van der Waals surface area contributed by atoms with Gasteiger partial charge in [-0.25, -0.2) is 13.4 Å². The maximum Gasteiger partial charge on any atom is 0.230 e. The molecule has 0 saturated carbocycles. The summed E-state index contributed by atoms with van der Waals surface area (Å²) in [5, 5.41) is 13.1. The summed E-state index contributed by atoms with van der Waals surface area (Å²) in [5.74, 6) is 0.0903. The fourth-order valence-electron chi connectivity index (χ4n) is 3.48. The number of hydrogen-bond acceptors (Lipinski definition) is 6. The van der Waals surface area contributed by atoms with Crippen LogP contribution in [0, 0.1) is 18.3 Å². The van der Waals surface area contributed by atoms with E-state index < -0.39 is 9.84 Å². The fourth-order valence-corrected chi connectivity index (χ4v) is 6.09. The zero-order valence-electron chi connectivity index (χ0n) is 15.2. The van der Waals surface area contributed by atoms with Crippen molar-refractivity contribution < 1.29 is 13.2 Å². The van der Waals surface area contributed by atoms with Gasteiger partial charge in [-0.3, -0.25) is 9.20 Å². The monoisotopic (exact) mass is 414 g/mol. The van der Waals surface area contributed by atoms with Crippen LogP contribution in [0.5, 0.6) is 0 Å². The molecule has 4 rings (SSSR count). The zero-order valence-corrected chi connectivity index (χ0v) is 16.8. The number of nitriles is 1. The van der Waals surface area contributed by atoms with E-state index in [1.165, 1.54) is 11.8 Å². The number of hydrogen-bond donors (Lipinski definition) is 1. The largest absolute Gasteiger partial charge is 0.352 e. The van der Waals surface area contributed by atoms with Crippen molar-refractivity contribution in [2.45, 2.75) is 24.4 Å². The van der Waals surface area contributed by atoms with E-state index in [1.807, 2.05) is 41.7 Å². The molecule has 1 N–H and O–H groups in total. The number of carbonyl (C=O) groups excluding carboxylic acids is 1. The summed E-state index contributed by atoms with van der Waals surface area (Å²) in [5.41, 5.74) is 3.55. The minimum absolute atomic E-state index is 0.00971. The Morgan fingerprint density at radius 3 is 2.93 bits per heavy atom. The molecule has 0 radical (unpaired) electrons. The minimum Gasteiger partial charge on any atom is -0.352 e. The number of nitrogens with one attached hydrogen (secondary N) is 1. The quantitative estimate of drug-likeness (QED) is 0.656. The lowest BCUT2D eigenvalue weighted by Gasteiger charge is -2.12. The third kappa shape index (κ3) is 3.45. The summed E-state index contributed by atoms with van der Waals surface area (Å²) < 4.78 is 25.0. The first-order valence-electron chi connectivity index (χ1n) is 8.81. The highest BCUT2D eigenvalue weighted by Crippen LogP contribution is 2.29. The highest BCUT2D eigenvalue weighted by molar-refractivity contribution is 7.99. The van der Waals surface area contributed by atoms with Gasteiger partial charge in [0.15, 0.2) is 15.5 Å². The Labute approximate surface area is 166 Å². The van der Waals surface area contributed by atoms with Gasteiger partial charge in [0.2, 0.25) is 5.91 Å². The summed E-state index contributed by atoms with van der Waals surface area (Å²) in [7, 11) is -3.03. The molecule has 3 heterocycles. The predicted octanol–water partition coefficient (Wildman–Crippen LogP) is 2.06. The highest BCUT2D eigenvalue weighted by atomic mass is 32.2. The van der Waals surface area contributed by atoms with Crippen LogP contribution in [0.3, 0.4) is 0 Å². The SMILES string of the molecule is Cc1cc(SCC(=O)N[C@H]2CCS(=O)(=O)C2)n2c(nc3ccccc32)c1C#N. The van der Waals surface area contributed by atoms with Crippen LogP contribution in [-0.2, 0) is 14.6 Å². The molecule has 0 unspecified atom stereocenters. The van der Waals surface area contributed by atoms with Crippen molar-refractivity contribution in [3.8, 4) is 6.07 Å². The number of para-hydroxylation sites is 2. The van der Waals surface area contributed by atoms with Gasteiger partial charge in [-0.1, -0.05) is 23.9 Å². The van der Waals surface area contributed by atoms with E-state index in [1.54, 1.807) is 0 Å². The van der Waals surface area contributed by atoms with Crippen LogP contribution in [0.1, 0.15) is 17.5 Å². The number of imidazole rings is 1. The molecular formula is C19H18N4O3S2. The molecule has 0 spiro atoms. The molecule has 0 aliphatic carbocycles. The van der Waals surface area contributed by atoms with Gasteiger partial charge in [0.1, 0.15) is 6.07 Å². The zero-order chi connectivity index (χ0) is 19.9. The standard InChI is InChI=1S/C19H18N4O3S2/c1-12-8-18(27-10-17(24)21-13-6-7-28(25,26)11-13)23-16-5-3-2-4-15(16)22-19(23)14(12)9-20/h2-5,8,13H,6-7,10-11H2,1H3,(H,21,24)/t13-/m0/s1. The van der Waals surface area contributed by atoms with Gasteiger partial charge in [0, 0.05) is 6.04 Å². The van der Waals surface area contributed by atoms with Crippen LogP contribution in [-0.4, -0.2) is 47.0 Å². The van der Waals surface area contributed by atoms with Gasteiger partial charge < -0.3 is 5.32 Å². The number of fused-ring (bicyclic) bond motifs is 3. The first-order valence-corrected chi connectivity index (χ1v) is 11.6. The molecule has 2 aromatic heterocycles. The summed E-state index contributed by atoms with van der Waals surface area (Å²) >= 11 is 1.35. The van der Waals surface area contributed by atoms with Gasteiger partial charge >= 0.3 is 0 Å². The van der Waals surface area contributed by atoms with Crippen molar-refractivity contribution in [1.29, 1.82) is 5.26 Å². The molecule has 1 saturated heterocycles. The number of pyridine rings is 1. The van der Waals surface area contributed by atoms with E-state index >= 15 is 0 Å². The molecule has 1 aliphatic heterocycles. The smallest absolute Gasteiger partial charge is 0.230 e. The first kappa shape index (κ1) is 18.8. The lowest BCUT2D eigenvalue weighted by molar-refractivity contribution is -0.119. The molecular weight excluding hydrogens is 396 g/mol. The Kier molecular flexibility index (Phi) is 4.77. The van der Waals surface area contributed by atoms with E-state index in [0.29, 0.717) is 17.6 Å². The van der Waals surface area contributed by atoms with Gasteiger partial charge in [0.25, 0.3) is 0 Å². The highest BCUT2D eigenvalue weighted by Gasteiger charge is 2.28. The average molecular weight is 415 g/mol. The molecule has 1 fully saturated rings. The average Bonchev–Trinajstić information content (AvgIpc) is 3.19. The molecule has 9 heteroatoms. The molecule has 1 aromatic carbocycles. The molecule has 7 nitrogen and oxygen atoms in total. The van der Waals surface area contributed by atoms with E-state index in [0.717, 1.165) is 21.6 Å². The van der Waals surface area contributed by atoms with E-state index in [-0.39, 0.29) is 29.2 Å². The predicted molar refractivity (Wildman–Crippen MR) is 108 cm³/mol. The number of thioether (sulfide) groups is 1. The summed E-state index contributed by atoms with van der Waals surface area (Å²) in [4.78, 5) is 16.9. The lowest BCUT2D eigenvalue weighted by Crippen LogP contribution is -2.36. The van der Waals surface area contributed by atoms with E-state index in [2.05, 4.69) is 16.4 Å². The molecule has 144 valence electrons. The van der Waals surface area contributed by atoms with E-state index in [4.69, 9.17) is 0 Å². The van der Waals surface area contributed by atoms with Crippen molar-refractivity contribution in [1.82, 2.24) is 14.7 Å². The molecule has 1 aliphatic rings. The van der Waals surface area contributed by atoms with Gasteiger partial charge in [-0.15, -0.1) is 0 Å². The number of aryl methyl sites for hydroxylation is 1. The van der Waals surface area contributed by atoms with E-state index in [9.17, 15) is 18.5 Å². The number of aromatic nitrogens is 2. The Morgan fingerprint density at radius 2 is 2.21 bits per heavy atom. The lowest BCUT2D eigenvalue weighted by atomic mass is 10.2. The summed E-state index contributed by atoms with van der Waals surface area (Å²) in [6, 6.07) is 11.4. The third-order valence-electron chi connectivity index (χ3n) is 4.80. The van der Waals surface area contributed by atoms with Crippen LogP contribution in [0.4, 0.5) is 0 Å². The number of sulfone groups is 1. The van der Waals surface area contributed by atoms with Crippen molar-refractivity contribution in [2.75, 3.05) is 17.3 Å². The summed E-state index contributed by atoms with van der Waals surface area (Å²) in [6.45, 7) is 1.85. The number of rotatable bonds is 4. The van der Waals surface area contributed by atoms with Gasteiger partial charge in [0.05, 0.1) is 38.9 Å². The molecule has 3 aromatic rings. The van der Waals surface area contributed by atoms with Gasteiger partial charge in [-0.05, 0) is 37.1 Å². The maximum atomic E-state index is 12.3. The van der Waals surface area contributed by atoms with Crippen LogP contribution >= 0.6 is 11.8 Å². The van der Waals surface area contributed by atoms with Crippen molar-refractivity contribution in [3.05, 3.63) is 41.5 Å². The second-order valence-electron chi connectivity index (χ2n) is 6.87.